The van der Waals surface area contributed by atoms with Gasteiger partial charge in [-0.3, -0.25) is 9.59 Å². The number of carbonyl (C=O) groups excluding carboxylic acids is 1. The van der Waals surface area contributed by atoms with E-state index in [0.29, 0.717) is 24.3 Å². The summed E-state index contributed by atoms with van der Waals surface area (Å²) >= 11 is 1.49. The molecular weight excluding hydrogens is 297 g/mol. The minimum absolute atomic E-state index is 0. The first-order valence-corrected chi connectivity index (χ1v) is 8.81. The maximum absolute atomic E-state index is 11.6. The molecule has 4 nitrogen and oxygen atoms in total. The van der Waals surface area contributed by atoms with Crippen molar-refractivity contribution in [1.82, 2.24) is 0 Å². The van der Waals surface area contributed by atoms with Crippen LogP contribution >= 0.6 is 11.8 Å². The summed E-state index contributed by atoms with van der Waals surface area (Å²) in [6.45, 7) is 2.21. The molecule has 0 radical (unpaired) electrons. The fraction of sp³-hybridized carbons (Fsp3) is 0.867. The van der Waals surface area contributed by atoms with Gasteiger partial charge in [0, 0.05) is 6.42 Å². The van der Waals surface area contributed by atoms with Gasteiger partial charge >= 0.3 is 35.5 Å². The molecule has 6 heteroatoms. The molecule has 0 aromatic carbocycles. The number of rotatable bonds is 14. The summed E-state index contributed by atoms with van der Waals surface area (Å²) in [5.74, 6) is 0.422. The van der Waals surface area contributed by atoms with E-state index in [-0.39, 0.29) is 35.3 Å². The number of carboxylic acids is 1. The number of carboxylic acid groups (broad SMARTS) is 1. The Balaban J connectivity index is 0. The van der Waals surface area contributed by atoms with E-state index in [0.717, 1.165) is 12.8 Å². The summed E-state index contributed by atoms with van der Waals surface area (Å²) in [5, 5.41) is 8.61. The number of unbranched alkanes of at least 4 members (excludes halogenated alkanes) is 6. The zero-order valence-electron chi connectivity index (χ0n) is 12.6. The average molecular weight is 327 g/mol. The van der Waals surface area contributed by atoms with E-state index < -0.39 is 12.0 Å². The van der Waals surface area contributed by atoms with Gasteiger partial charge in [-0.1, -0.05) is 45.4 Å². The van der Waals surface area contributed by atoms with Crippen LogP contribution in [0.3, 0.4) is 0 Å². The van der Waals surface area contributed by atoms with Gasteiger partial charge < -0.3 is 10.8 Å². The predicted molar refractivity (Wildman–Crippen MR) is 92.3 cm³/mol. The Hall–Kier alpha value is 0.450. The SMILES string of the molecule is CCCCCCCCCC(=O)CSCC[C@H](N)C(=O)O.[NaH]. The molecular formula is C15H30NNaO3S. The van der Waals surface area contributed by atoms with Crippen LogP contribution in [0.15, 0.2) is 0 Å². The fourth-order valence-corrected chi connectivity index (χ4v) is 2.81. The number of Topliss-reactive ketones (excluding diaryl/α,β-unsaturated/α-hetero) is 1. The van der Waals surface area contributed by atoms with Crippen molar-refractivity contribution in [1.29, 1.82) is 0 Å². The van der Waals surface area contributed by atoms with Gasteiger partial charge in [0.25, 0.3) is 0 Å². The first kappa shape index (κ1) is 23.7. The zero-order valence-corrected chi connectivity index (χ0v) is 13.4. The molecule has 0 fully saturated rings. The first-order chi connectivity index (χ1) is 9.57. The third kappa shape index (κ3) is 16.6. The van der Waals surface area contributed by atoms with E-state index in [4.69, 9.17) is 10.8 Å². The van der Waals surface area contributed by atoms with Gasteiger partial charge in [-0.15, -0.1) is 0 Å². The molecule has 1 atom stereocenters. The van der Waals surface area contributed by atoms with E-state index in [1.54, 1.807) is 0 Å². The molecule has 0 aromatic heterocycles. The Bertz CT molecular complexity index is 278. The van der Waals surface area contributed by atoms with Crippen molar-refractivity contribution in [2.45, 2.75) is 70.8 Å². The molecule has 0 rings (SSSR count). The number of hydrogen-bond acceptors (Lipinski definition) is 4. The second kappa shape index (κ2) is 16.8. The zero-order chi connectivity index (χ0) is 15.2. The molecule has 0 heterocycles. The Morgan fingerprint density at radius 1 is 1.10 bits per heavy atom. The summed E-state index contributed by atoms with van der Waals surface area (Å²) in [4.78, 5) is 22.1. The van der Waals surface area contributed by atoms with Crippen LogP contribution in [0.1, 0.15) is 64.7 Å². The van der Waals surface area contributed by atoms with Gasteiger partial charge in [-0.2, -0.15) is 11.8 Å². The quantitative estimate of drug-likeness (QED) is 0.379. The van der Waals surface area contributed by atoms with E-state index in [2.05, 4.69) is 6.92 Å². The number of thioether (sulfide) groups is 1. The number of aliphatic carboxylic acids is 1. The van der Waals surface area contributed by atoms with Crippen molar-refractivity contribution in [2.24, 2.45) is 5.73 Å². The van der Waals surface area contributed by atoms with Crippen LogP contribution in [0.5, 0.6) is 0 Å². The molecule has 0 saturated heterocycles. The Morgan fingerprint density at radius 3 is 2.24 bits per heavy atom. The Kier molecular flexibility index (Phi) is 19.0. The molecule has 0 aliphatic carbocycles. The maximum atomic E-state index is 11.6. The Labute approximate surface area is 155 Å². The number of carbonyl (C=O) groups is 2. The van der Waals surface area contributed by atoms with Crippen molar-refractivity contribution in [3.05, 3.63) is 0 Å². The molecule has 21 heavy (non-hydrogen) atoms. The standard InChI is InChI=1S/C15H29NO3S.Na.H/c1-2-3-4-5-6-7-8-9-13(17)12-20-11-10-14(16)15(18)19;;/h14H,2-12,16H2,1H3,(H,18,19);;/t14-;;/m0../s1. The second-order valence-electron chi connectivity index (χ2n) is 5.20. The second-order valence-corrected chi connectivity index (χ2v) is 6.30. The third-order valence-electron chi connectivity index (χ3n) is 3.21. The molecule has 0 spiro atoms. The number of nitrogens with two attached hydrogens (primary N) is 1. The summed E-state index contributed by atoms with van der Waals surface area (Å²) in [5.41, 5.74) is 5.38. The minimum atomic E-state index is -0.972. The van der Waals surface area contributed by atoms with Gasteiger partial charge in [-0.25, -0.2) is 0 Å². The van der Waals surface area contributed by atoms with Crippen LogP contribution in [0.4, 0.5) is 0 Å². The van der Waals surface area contributed by atoms with Crippen LogP contribution in [-0.2, 0) is 9.59 Å². The fourth-order valence-electron chi connectivity index (χ4n) is 1.87. The molecule has 0 amide bonds. The molecule has 3 N–H and O–H groups in total. The van der Waals surface area contributed by atoms with Gasteiger partial charge in [0.1, 0.15) is 11.8 Å². The van der Waals surface area contributed by atoms with Gasteiger partial charge in [-0.05, 0) is 18.6 Å². The molecule has 0 aromatic rings. The normalized spacial score (nSPS) is 11.7. The molecule has 0 unspecified atom stereocenters. The van der Waals surface area contributed by atoms with Crippen LogP contribution in [-0.4, -0.2) is 64.0 Å². The van der Waals surface area contributed by atoms with Crippen LogP contribution in [0.25, 0.3) is 0 Å². The molecule has 0 saturated carbocycles. The summed E-state index contributed by atoms with van der Waals surface area (Å²) in [7, 11) is 0. The van der Waals surface area contributed by atoms with Crippen molar-refractivity contribution >= 4 is 53.1 Å². The van der Waals surface area contributed by atoms with Crippen molar-refractivity contribution in [3.63, 3.8) is 0 Å². The Morgan fingerprint density at radius 2 is 1.67 bits per heavy atom. The van der Waals surface area contributed by atoms with E-state index in [9.17, 15) is 9.59 Å². The van der Waals surface area contributed by atoms with E-state index in [1.807, 2.05) is 0 Å². The number of ketones is 1. The van der Waals surface area contributed by atoms with Gasteiger partial charge in [0.15, 0.2) is 0 Å². The van der Waals surface area contributed by atoms with Crippen LogP contribution < -0.4 is 5.73 Å². The monoisotopic (exact) mass is 327 g/mol. The predicted octanol–water partition coefficient (Wildman–Crippen LogP) is 2.58. The van der Waals surface area contributed by atoms with Crippen LogP contribution in [0.2, 0.25) is 0 Å². The van der Waals surface area contributed by atoms with E-state index >= 15 is 0 Å². The van der Waals surface area contributed by atoms with Gasteiger partial charge in [0.2, 0.25) is 0 Å². The van der Waals surface area contributed by atoms with E-state index in [1.165, 1.54) is 43.9 Å². The molecule has 120 valence electrons. The molecule has 0 aliphatic rings. The molecule has 0 aliphatic heterocycles. The topological polar surface area (TPSA) is 80.4 Å². The van der Waals surface area contributed by atoms with Crippen molar-refractivity contribution in [3.8, 4) is 0 Å². The van der Waals surface area contributed by atoms with Gasteiger partial charge in [0.05, 0.1) is 5.75 Å². The summed E-state index contributed by atoms with van der Waals surface area (Å²) in [6.07, 6.45) is 9.61. The average Bonchev–Trinajstić information content (AvgIpc) is 2.42. The van der Waals surface area contributed by atoms with Crippen LogP contribution in [0, 0.1) is 0 Å². The summed E-state index contributed by atoms with van der Waals surface area (Å²) < 4.78 is 0. The summed E-state index contributed by atoms with van der Waals surface area (Å²) in [6, 6.07) is -0.805. The third-order valence-corrected chi connectivity index (χ3v) is 4.26. The molecule has 0 bridgehead atoms. The van der Waals surface area contributed by atoms with Crippen molar-refractivity contribution < 1.29 is 14.7 Å². The number of hydrogen-bond donors (Lipinski definition) is 2. The first-order valence-electron chi connectivity index (χ1n) is 7.65. The van der Waals surface area contributed by atoms with Crippen molar-refractivity contribution in [2.75, 3.05) is 11.5 Å².